The van der Waals surface area contributed by atoms with Crippen LogP contribution in [0.25, 0.3) is 11.0 Å². The van der Waals surface area contributed by atoms with Crippen LogP contribution in [0.3, 0.4) is 0 Å². The van der Waals surface area contributed by atoms with Crippen molar-refractivity contribution in [1.82, 2.24) is 19.5 Å². The standard InChI is InChI=1S/C24H37N5O4S/c1-16(2)22-21-20(28-12-10-17(11-13-28)15-33-3)14-19(24(30)27-34(4,31)32)25-23(21)29(26-22)18-8-6-5-7-9-18/h14,16-18H,5-13,15H2,1-4H3,(H,27,30). The smallest absolute Gasteiger partial charge is 0.283 e. The van der Waals surface area contributed by atoms with E-state index in [1.54, 1.807) is 13.2 Å². The lowest BCUT2D eigenvalue weighted by molar-refractivity contribution is 0.0977. The number of nitrogens with one attached hydrogen (secondary N) is 1. The van der Waals surface area contributed by atoms with E-state index in [0.717, 1.165) is 81.2 Å². The van der Waals surface area contributed by atoms with E-state index in [-0.39, 0.29) is 17.7 Å². The van der Waals surface area contributed by atoms with Crippen molar-refractivity contribution in [3.63, 3.8) is 0 Å². The molecule has 1 saturated carbocycles. The van der Waals surface area contributed by atoms with E-state index in [1.165, 1.54) is 6.42 Å². The summed E-state index contributed by atoms with van der Waals surface area (Å²) in [4.78, 5) is 19.9. The molecule has 1 aliphatic heterocycles. The first-order chi connectivity index (χ1) is 16.2. The molecule has 2 aromatic heterocycles. The van der Waals surface area contributed by atoms with Crippen LogP contribution >= 0.6 is 0 Å². The number of carbonyl (C=O) groups is 1. The molecular weight excluding hydrogens is 454 g/mol. The van der Waals surface area contributed by atoms with Crippen LogP contribution in [0, 0.1) is 5.92 Å². The first kappa shape index (κ1) is 24.9. The van der Waals surface area contributed by atoms with Crippen molar-refractivity contribution < 1.29 is 17.9 Å². The van der Waals surface area contributed by atoms with E-state index in [9.17, 15) is 13.2 Å². The molecule has 1 amide bonds. The third-order valence-corrected chi connectivity index (χ3v) is 7.56. The Morgan fingerprint density at radius 1 is 1.18 bits per heavy atom. The maximum Gasteiger partial charge on any atom is 0.283 e. The number of amides is 1. The van der Waals surface area contributed by atoms with Gasteiger partial charge in [-0.3, -0.25) is 4.79 Å². The van der Waals surface area contributed by atoms with Crippen LogP contribution in [0.4, 0.5) is 5.69 Å². The second-order valence-corrected chi connectivity index (χ2v) is 11.8. The van der Waals surface area contributed by atoms with Gasteiger partial charge in [-0.25, -0.2) is 22.8 Å². The molecule has 0 unspecified atom stereocenters. The highest BCUT2D eigenvalue weighted by atomic mass is 32.2. The van der Waals surface area contributed by atoms with Crippen LogP contribution < -0.4 is 9.62 Å². The Bertz CT molecular complexity index is 1130. The first-order valence-corrected chi connectivity index (χ1v) is 14.3. The Balaban J connectivity index is 1.85. The van der Waals surface area contributed by atoms with E-state index in [4.69, 9.17) is 14.8 Å². The number of hydrogen-bond acceptors (Lipinski definition) is 7. The van der Waals surface area contributed by atoms with Crippen molar-refractivity contribution in [3.05, 3.63) is 17.5 Å². The summed E-state index contributed by atoms with van der Waals surface area (Å²) in [5.41, 5.74) is 2.70. The van der Waals surface area contributed by atoms with Crippen LogP contribution in [0.2, 0.25) is 0 Å². The molecule has 1 aliphatic carbocycles. The zero-order chi connectivity index (χ0) is 24.5. The number of ether oxygens (including phenoxy) is 1. The molecule has 9 nitrogen and oxygen atoms in total. The Hall–Kier alpha value is -2.20. The van der Waals surface area contributed by atoms with Gasteiger partial charge >= 0.3 is 0 Å². The summed E-state index contributed by atoms with van der Waals surface area (Å²) >= 11 is 0. The number of aromatic nitrogens is 3. The number of nitrogens with zero attached hydrogens (tertiary/aromatic N) is 4. The maximum absolute atomic E-state index is 12.9. The summed E-state index contributed by atoms with van der Waals surface area (Å²) < 4.78 is 33.0. The molecule has 10 heteroatoms. The predicted octanol–water partition coefficient (Wildman–Crippen LogP) is 3.61. The quantitative estimate of drug-likeness (QED) is 0.630. The lowest BCUT2D eigenvalue weighted by atomic mass is 9.95. The topological polar surface area (TPSA) is 106 Å². The second-order valence-electron chi connectivity index (χ2n) is 10.1. The Morgan fingerprint density at radius 3 is 2.44 bits per heavy atom. The lowest BCUT2D eigenvalue weighted by Gasteiger charge is -2.34. The number of fused-ring (bicyclic) bond motifs is 1. The largest absolute Gasteiger partial charge is 0.384 e. The van der Waals surface area contributed by atoms with Gasteiger partial charge in [0.15, 0.2) is 5.65 Å². The van der Waals surface area contributed by atoms with Gasteiger partial charge in [-0.2, -0.15) is 5.10 Å². The minimum atomic E-state index is -3.70. The molecule has 0 spiro atoms. The fourth-order valence-electron chi connectivity index (χ4n) is 5.29. The molecule has 34 heavy (non-hydrogen) atoms. The average Bonchev–Trinajstić information content (AvgIpc) is 3.19. The average molecular weight is 492 g/mol. The van der Waals surface area contributed by atoms with Crippen molar-refractivity contribution >= 4 is 32.7 Å². The van der Waals surface area contributed by atoms with Gasteiger partial charge in [0.1, 0.15) is 5.69 Å². The molecular formula is C24H37N5O4S. The van der Waals surface area contributed by atoms with Gasteiger partial charge in [-0.05, 0) is 43.6 Å². The fourth-order valence-corrected chi connectivity index (χ4v) is 5.73. The molecule has 2 aromatic rings. The second kappa shape index (κ2) is 10.2. The predicted molar refractivity (Wildman–Crippen MR) is 133 cm³/mol. The van der Waals surface area contributed by atoms with Crippen molar-refractivity contribution in [2.45, 2.75) is 70.8 Å². The molecule has 4 rings (SSSR count). The van der Waals surface area contributed by atoms with Gasteiger partial charge in [-0.15, -0.1) is 0 Å². The highest BCUT2D eigenvalue weighted by Crippen LogP contribution is 2.38. The minimum absolute atomic E-state index is 0.110. The number of sulfonamides is 1. The van der Waals surface area contributed by atoms with E-state index in [1.807, 2.05) is 4.68 Å². The summed E-state index contributed by atoms with van der Waals surface area (Å²) in [5, 5.41) is 6.03. The molecule has 0 radical (unpaired) electrons. The Labute approximate surface area is 202 Å². The summed E-state index contributed by atoms with van der Waals surface area (Å²) in [7, 11) is -1.97. The van der Waals surface area contributed by atoms with Crippen LogP contribution in [0.1, 0.15) is 86.9 Å². The number of methoxy groups -OCH3 is 1. The minimum Gasteiger partial charge on any atom is -0.384 e. The summed E-state index contributed by atoms with van der Waals surface area (Å²) in [5.74, 6) is -0.00172. The van der Waals surface area contributed by atoms with Crippen LogP contribution in [0.15, 0.2) is 6.07 Å². The number of anilines is 1. The van der Waals surface area contributed by atoms with Gasteiger partial charge in [-0.1, -0.05) is 33.1 Å². The highest BCUT2D eigenvalue weighted by Gasteiger charge is 2.29. The van der Waals surface area contributed by atoms with Crippen molar-refractivity contribution in [3.8, 4) is 0 Å². The normalized spacial score (nSPS) is 18.7. The highest BCUT2D eigenvalue weighted by molar-refractivity contribution is 7.89. The van der Waals surface area contributed by atoms with Gasteiger partial charge in [0, 0.05) is 26.8 Å². The third kappa shape index (κ3) is 5.38. The molecule has 3 heterocycles. The molecule has 0 aromatic carbocycles. The van der Waals surface area contributed by atoms with E-state index >= 15 is 0 Å². The molecule has 2 fully saturated rings. The van der Waals surface area contributed by atoms with Crippen LogP contribution in [0.5, 0.6) is 0 Å². The van der Waals surface area contributed by atoms with Crippen LogP contribution in [-0.4, -0.2) is 62.2 Å². The zero-order valence-corrected chi connectivity index (χ0v) is 21.5. The molecule has 188 valence electrons. The van der Waals surface area contributed by atoms with Gasteiger partial charge in [0.05, 0.1) is 29.1 Å². The number of rotatable bonds is 7. The summed E-state index contributed by atoms with van der Waals surface area (Å²) in [6.07, 6.45) is 8.57. The Morgan fingerprint density at radius 2 is 1.85 bits per heavy atom. The molecule has 0 atom stereocenters. The maximum atomic E-state index is 12.9. The van der Waals surface area contributed by atoms with E-state index in [0.29, 0.717) is 11.6 Å². The van der Waals surface area contributed by atoms with Gasteiger partial charge in [0.25, 0.3) is 5.91 Å². The number of pyridine rings is 1. The monoisotopic (exact) mass is 491 g/mol. The van der Waals surface area contributed by atoms with Gasteiger partial charge < -0.3 is 9.64 Å². The van der Waals surface area contributed by atoms with E-state index in [2.05, 4.69) is 23.5 Å². The lowest BCUT2D eigenvalue weighted by Crippen LogP contribution is -2.36. The SMILES string of the molecule is COCC1CCN(c2cc(C(=O)NS(C)(=O)=O)nc3c2c(C(C)C)nn3C2CCCCC2)CC1. The number of piperidine rings is 1. The van der Waals surface area contributed by atoms with Crippen molar-refractivity contribution in [2.24, 2.45) is 5.92 Å². The Kier molecular flexibility index (Phi) is 7.47. The molecule has 0 bridgehead atoms. The zero-order valence-electron chi connectivity index (χ0n) is 20.7. The van der Waals surface area contributed by atoms with Gasteiger partial charge in [0.2, 0.25) is 10.0 Å². The third-order valence-electron chi connectivity index (χ3n) is 7.00. The fraction of sp³-hybridized carbons (Fsp3) is 0.708. The summed E-state index contributed by atoms with van der Waals surface area (Å²) in [6, 6.07) is 1.99. The number of carbonyl (C=O) groups excluding carboxylic acids is 1. The molecule has 2 aliphatic rings. The van der Waals surface area contributed by atoms with E-state index < -0.39 is 15.9 Å². The molecule has 1 saturated heterocycles. The molecule has 1 N–H and O–H groups in total. The van der Waals surface area contributed by atoms with Crippen molar-refractivity contribution in [1.29, 1.82) is 0 Å². The number of hydrogen-bond donors (Lipinski definition) is 1. The summed E-state index contributed by atoms with van der Waals surface area (Å²) in [6.45, 7) is 6.69. The van der Waals surface area contributed by atoms with Crippen molar-refractivity contribution in [2.75, 3.05) is 38.0 Å². The first-order valence-electron chi connectivity index (χ1n) is 12.4. The van der Waals surface area contributed by atoms with Crippen LogP contribution in [-0.2, 0) is 14.8 Å².